The third-order valence-electron chi connectivity index (χ3n) is 2.37. The summed E-state index contributed by atoms with van der Waals surface area (Å²) >= 11 is 0. The molecule has 0 aliphatic carbocycles. The molecule has 0 fully saturated rings. The van der Waals surface area contributed by atoms with Gasteiger partial charge in [-0.3, -0.25) is 0 Å². The van der Waals surface area contributed by atoms with Crippen LogP contribution in [0.25, 0.3) is 0 Å². The van der Waals surface area contributed by atoms with Gasteiger partial charge in [-0.1, -0.05) is 24.3 Å². The third-order valence-corrected chi connectivity index (χ3v) is 2.37. The molecular weight excluding hydrogens is 260 g/mol. The van der Waals surface area contributed by atoms with Crippen LogP contribution in [0.2, 0.25) is 0 Å². The van der Waals surface area contributed by atoms with E-state index in [4.69, 9.17) is 11.5 Å². The molecular formula is C12H16N6O2. The van der Waals surface area contributed by atoms with E-state index in [2.05, 4.69) is 21.1 Å². The average molecular weight is 276 g/mol. The molecule has 0 heterocycles. The van der Waals surface area contributed by atoms with Crippen LogP contribution in [-0.4, -0.2) is 23.5 Å². The van der Waals surface area contributed by atoms with Crippen LogP contribution in [-0.2, 0) is 0 Å². The molecule has 106 valence electrons. The molecule has 0 aliphatic rings. The number of primary amides is 2. The lowest BCUT2D eigenvalue weighted by Crippen LogP contribution is -2.26. The van der Waals surface area contributed by atoms with Crippen LogP contribution in [0, 0.1) is 0 Å². The summed E-state index contributed by atoms with van der Waals surface area (Å²) in [7, 11) is 0. The summed E-state index contributed by atoms with van der Waals surface area (Å²) in [6, 6.07) is 5.75. The number of hydrogen-bond acceptors (Lipinski definition) is 4. The van der Waals surface area contributed by atoms with Crippen molar-refractivity contribution in [2.24, 2.45) is 21.7 Å². The van der Waals surface area contributed by atoms with Gasteiger partial charge < -0.3 is 11.5 Å². The van der Waals surface area contributed by atoms with E-state index in [1.165, 1.54) is 0 Å². The molecule has 4 amide bonds. The summed E-state index contributed by atoms with van der Waals surface area (Å²) in [5, 5.41) is 7.71. The Bertz CT molecular complexity index is 528. The van der Waals surface area contributed by atoms with Crippen LogP contribution in [0.3, 0.4) is 0 Å². The molecule has 0 saturated carbocycles. The number of carbonyl (C=O) groups is 2. The molecule has 0 saturated heterocycles. The van der Waals surface area contributed by atoms with E-state index in [1.54, 1.807) is 26.0 Å². The summed E-state index contributed by atoms with van der Waals surface area (Å²) in [5.74, 6) is 0. The molecule has 0 radical (unpaired) electrons. The van der Waals surface area contributed by atoms with E-state index in [-0.39, 0.29) is 0 Å². The Hall–Kier alpha value is -2.90. The second-order valence-electron chi connectivity index (χ2n) is 3.89. The highest BCUT2D eigenvalue weighted by Crippen LogP contribution is 2.11. The topological polar surface area (TPSA) is 135 Å². The van der Waals surface area contributed by atoms with Gasteiger partial charge in [-0.15, -0.1) is 0 Å². The highest BCUT2D eigenvalue weighted by molar-refractivity contribution is 6.11. The summed E-state index contributed by atoms with van der Waals surface area (Å²) < 4.78 is 0. The number of urea groups is 2. The van der Waals surface area contributed by atoms with Crippen LogP contribution >= 0.6 is 0 Å². The van der Waals surface area contributed by atoms with Crippen molar-refractivity contribution in [3.63, 3.8) is 0 Å². The summed E-state index contributed by atoms with van der Waals surface area (Å²) in [6.45, 7) is 3.42. The zero-order chi connectivity index (χ0) is 15.1. The Morgan fingerprint density at radius 3 is 1.55 bits per heavy atom. The second-order valence-corrected chi connectivity index (χ2v) is 3.89. The average Bonchev–Trinajstić information content (AvgIpc) is 2.42. The molecule has 0 spiro atoms. The normalized spacial score (nSPS) is 11.9. The van der Waals surface area contributed by atoms with Gasteiger partial charge in [0.25, 0.3) is 0 Å². The first kappa shape index (κ1) is 15.2. The van der Waals surface area contributed by atoms with Gasteiger partial charge in [0.15, 0.2) is 0 Å². The molecule has 20 heavy (non-hydrogen) atoms. The minimum absolute atomic E-state index is 0.549. The monoisotopic (exact) mass is 276 g/mol. The molecule has 8 nitrogen and oxygen atoms in total. The van der Waals surface area contributed by atoms with Crippen LogP contribution < -0.4 is 22.3 Å². The first-order valence-electron chi connectivity index (χ1n) is 5.71. The Balaban J connectivity index is 3.10. The van der Waals surface area contributed by atoms with E-state index in [1.807, 2.05) is 12.1 Å². The van der Waals surface area contributed by atoms with E-state index in [0.717, 1.165) is 11.1 Å². The smallest absolute Gasteiger partial charge is 0.332 e. The van der Waals surface area contributed by atoms with Crippen molar-refractivity contribution in [3.05, 3.63) is 35.4 Å². The molecule has 1 aromatic carbocycles. The van der Waals surface area contributed by atoms with Gasteiger partial charge in [-0.2, -0.15) is 10.2 Å². The molecule has 0 unspecified atom stereocenters. The quantitative estimate of drug-likeness (QED) is 0.470. The molecule has 8 heteroatoms. The number of benzene rings is 1. The zero-order valence-corrected chi connectivity index (χ0v) is 11.2. The van der Waals surface area contributed by atoms with Gasteiger partial charge in [-0.05, 0) is 13.8 Å². The fourth-order valence-corrected chi connectivity index (χ4v) is 1.51. The van der Waals surface area contributed by atoms with E-state index >= 15 is 0 Å². The van der Waals surface area contributed by atoms with Gasteiger partial charge in [0.05, 0.1) is 11.4 Å². The fraction of sp³-hybridized carbons (Fsp3) is 0.167. The molecule has 1 aromatic rings. The van der Waals surface area contributed by atoms with Crippen LogP contribution in [0.1, 0.15) is 25.0 Å². The van der Waals surface area contributed by atoms with Crippen LogP contribution in [0.4, 0.5) is 9.59 Å². The van der Waals surface area contributed by atoms with E-state index in [9.17, 15) is 9.59 Å². The Kier molecular flexibility index (Phi) is 5.21. The van der Waals surface area contributed by atoms with Gasteiger partial charge in [0, 0.05) is 11.1 Å². The highest BCUT2D eigenvalue weighted by atomic mass is 16.2. The van der Waals surface area contributed by atoms with Gasteiger partial charge in [0.2, 0.25) is 0 Å². The van der Waals surface area contributed by atoms with Crippen molar-refractivity contribution in [2.45, 2.75) is 13.8 Å². The summed E-state index contributed by atoms with van der Waals surface area (Å²) in [5.41, 5.74) is 16.8. The Morgan fingerprint density at radius 1 is 0.900 bits per heavy atom. The highest BCUT2D eigenvalue weighted by Gasteiger charge is 2.08. The van der Waals surface area contributed by atoms with Crippen molar-refractivity contribution < 1.29 is 9.59 Å². The number of hydrazone groups is 2. The molecule has 1 rings (SSSR count). The van der Waals surface area contributed by atoms with Gasteiger partial charge in [0.1, 0.15) is 0 Å². The number of amides is 4. The van der Waals surface area contributed by atoms with Crippen LogP contribution in [0.5, 0.6) is 0 Å². The molecule has 0 aromatic heterocycles. The predicted octanol–water partition coefficient (Wildman–Crippen LogP) is 0.471. The number of rotatable bonds is 4. The largest absolute Gasteiger partial charge is 0.350 e. The summed E-state index contributed by atoms with van der Waals surface area (Å²) in [4.78, 5) is 21.3. The lowest BCUT2D eigenvalue weighted by molar-refractivity contribution is 0.248. The molecule has 6 N–H and O–H groups in total. The number of nitrogens with zero attached hydrogens (tertiary/aromatic N) is 2. The fourth-order valence-electron chi connectivity index (χ4n) is 1.51. The number of hydrogen-bond donors (Lipinski definition) is 4. The third kappa shape index (κ3) is 4.41. The SMILES string of the molecule is CC(=NNC(N)=O)c1ccccc1C(C)=NNC(N)=O. The summed E-state index contributed by atoms with van der Waals surface area (Å²) in [6.07, 6.45) is 0. The predicted molar refractivity (Wildman–Crippen MR) is 76.3 cm³/mol. The van der Waals surface area contributed by atoms with Crippen LogP contribution in [0.15, 0.2) is 34.5 Å². The number of nitrogens with two attached hydrogens (primary N) is 2. The van der Waals surface area contributed by atoms with Crippen molar-refractivity contribution in [1.82, 2.24) is 10.9 Å². The van der Waals surface area contributed by atoms with Gasteiger partial charge >= 0.3 is 12.1 Å². The Morgan fingerprint density at radius 2 is 1.25 bits per heavy atom. The van der Waals surface area contributed by atoms with E-state index < -0.39 is 12.1 Å². The van der Waals surface area contributed by atoms with Crippen molar-refractivity contribution >= 4 is 23.5 Å². The standard InChI is InChI=1S/C12H16N6O2/c1-7(15-17-11(13)19)9-5-3-4-6-10(9)8(2)16-18-12(14)20/h3-6H,1-2H3,(H3,13,17,19)(H3,14,18,20). The first-order valence-corrected chi connectivity index (χ1v) is 5.71. The maximum atomic E-state index is 10.7. The number of carbonyl (C=O) groups excluding carboxylic acids is 2. The van der Waals surface area contributed by atoms with Crippen molar-refractivity contribution in [3.8, 4) is 0 Å². The first-order chi connectivity index (χ1) is 9.41. The zero-order valence-electron chi connectivity index (χ0n) is 11.2. The van der Waals surface area contributed by atoms with E-state index in [0.29, 0.717) is 11.4 Å². The Labute approximate surface area is 115 Å². The number of nitrogens with one attached hydrogen (secondary N) is 2. The molecule has 0 bridgehead atoms. The van der Waals surface area contributed by atoms with Crippen molar-refractivity contribution in [2.75, 3.05) is 0 Å². The molecule has 0 atom stereocenters. The lowest BCUT2D eigenvalue weighted by Gasteiger charge is -2.08. The van der Waals surface area contributed by atoms with Gasteiger partial charge in [-0.25, -0.2) is 20.4 Å². The maximum Gasteiger partial charge on any atom is 0.332 e. The minimum atomic E-state index is -0.748. The second kappa shape index (κ2) is 6.88. The van der Waals surface area contributed by atoms with Crippen molar-refractivity contribution in [1.29, 1.82) is 0 Å². The lowest BCUT2D eigenvalue weighted by atomic mass is 10.0. The maximum absolute atomic E-state index is 10.7. The minimum Gasteiger partial charge on any atom is -0.350 e. The molecule has 0 aliphatic heterocycles.